The summed E-state index contributed by atoms with van der Waals surface area (Å²) < 4.78 is 11.2. The average Bonchev–Trinajstić information content (AvgIpc) is 2.74. The molecule has 0 unspecified atom stereocenters. The van der Waals surface area contributed by atoms with E-state index in [1.165, 1.54) is 30.4 Å². The molecule has 0 aliphatic carbocycles. The molecule has 0 saturated carbocycles. The van der Waals surface area contributed by atoms with Gasteiger partial charge in [0.15, 0.2) is 5.78 Å². The second-order valence-corrected chi connectivity index (χ2v) is 7.70. The normalized spacial score (nSPS) is 14.9. The molecule has 0 spiro atoms. The van der Waals surface area contributed by atoms with Gasteiger partial charge in [0.05, 0.1) is 13.2 Å². The van der Waals surface area contributed by atoms with Gasteiger partial charge in [-0.1, -0.05) is 43.2 Å². The van der Waals surface area contributed by atoms with Gasteiger partial charge >= 0.3 is 0 Å². The Hall–Kier alpha value is -2.04. The number of pyridine rings is 1. The Kier molecular flexibility index (Phi) is 8.19. The zero-order valence-corrected chi connectivity index (χ0v) is 16.9. The molecule has 1 saturated heterocycles. The van der Waals surface area contributed by atoms with Gasteiger partial charge in [-0.15, -0.1) is 0 Å². The third kappa shape index (κ3) is 6.54. The predicted molar refractivity (Wildman–Crippen MR) is 110 cm³/mol. The summed E-state index contributed by atoms with van der Waals surface area (Å²) in [5, 5.41) is 0. The van der Waals surface area contributed by atoms with Crippen LogP contribution in [0.1, 0.15) is 65.7 Å². The molecule has 28 heavy (non-hydrogen) atoms. The Balaban J connectivity index is 1.36. The average molecular weight is 382 g/mol. The number of aryl methyl sites for hydroxylation is 1. The Morgan fingerprint density at radius 2 is 1.93 bits per heavy atom. The van der Waals surface area contributed by atoms with Crippen LogP contribution in [0.25, 0.3) is 0 Å². The Labute approximate surface area is 168 Å². The van der Waals surface area contributed by atoms with Crippen LogP contribution in [0.2, 0.25) is 0 Å². The molecular weight excluding hydrogens is 350 g/mol. The maximum atomic E-state index is 12.3. The van der Waals surface area contributed by atoms with Crippen molar-refractivity contribution >= 4 is 5.78 Å². The van der Waals surface area contributed by atoms with Crippen LogP contribution >= 0.6 is 0 Å². The van der Waals surface area contributed by atoms with Crippen molar-refractivity contribution in [3.63, 3.8) is 0 Å². The summed E-state index contributed by atoms with van der Waals surface area (Å²) in [5.41, 5.74) is 3.99. The van der Waals surface area contributed by atoms with Gasteiger partial charge in [0, 0.05) is 25.8 Å². The van der Waals surface area contributed by atoms with Crippen LogP contribution in [0, 0.1) is 12.8 Å². The first-order chi connectivity index (χ1) is 13.7. The number of ether oxygens (including phenoxy) is 2. The summed E-state index contributed by atoms with van der Waals surface area (Å²) >= 11 is 0. The van der Waals surface area contributed by atoms with Gasteiger partial charge in [-0.25, -0.2) is 0 Å². The number of unbranched alkanes of at least 4 members (excludes halogenated alkanes) is 1. The van der Waals surface area contributed by atoms with Gasteiger partial charge in [0.2, 0.25) is 0 Å². The predicted octanol–water partition coefficient (Wildman–Crippen LogP) is 5.28. The third-order valence-corrected chi connectivity index (χ3v) is 5.51. The van der Waals surface area contributed by atoms with Gasteiger partial charge in [0.1, 0.15) is 5.69 Å². The lowest BCUT2D eigenvalue weighted by Gasteiger charge is -2.21. The molecule has 0 atom stereocenters. The van der Waals surface area contributed by atoms with Crippen LogP contribution in [-0.4, -0.2) is 24.0 Å². The summed E-state index contributed by atoms with van der Waals surface area (Å²) in [6, 6.07) is 12.0. The lowest BCUT2D eigenvalue weighted by Crippen LogP contribution is -2.15. The molecule has 1 aliphatic heterocycles. The van der Waals surface area contributed by atoms with E-state index < -0.39 is 0 Å². The molecular formula is C24H31NO3. The monoisotopic (exact) mass is 381 g/mol. The Morgan fingerprint density at radius 1 is 1.11 bits per heavy atom. The summed E-state index contributed by atoms with van der Waals surface area (Å²) in [6.07, 6.45) is 7.94. The Morgan fingerprint density at radius 3 is 2.68 bits per heavy atom. The highest BCUT2D eigenvalue weighted by Gasteiger charge is 2.14. The smallest absolute Gasteiger partial charge is 0.181 e. The number of hydrogen-bond donors (Lipinski definition) is 0. The van der Waals surface area contributed by atoms with Gasteiger partial charge in [-0.2, -0.15) is 0 Å². The molecule has 150 valence electrons. The first-order valence-electron chi connectivity index (χ1n) is 10.4. The minimum absolute atomic E-state index is 0.138. The number of hydrogen-bond acceptors (Lipinski definition) is 4. The van der Waals surface area contributed by atoms with Crippen molar-refractivity contribution in [2.45, 2.75) is 58.7 Å². The second-order valence-electron chi connectivity index (χ2n) is 7.70. The van der Waals surface area contributed by atoms with Crippen molar-refractivity contribution in [2.24, 2.45) is 5.92 Å². The van der Waals surface area contributed by atoms with E-state index in [1.54, 1.807) is 6.20 Å². The quantitative estimate of drug-likeness (QED) is 0.415. The van der Waals surface area contributed by atoms with E-state index in [0.29, 0.717) is 25.3 Å². The van der Waals surface area contributed by atoms with Gasteiger partial charge in [-0.05, 0) is 54.9 Å². The topological polar surface area (TPSA) is 48.4 Å². The van der Waals surface area contributed by atoms with Crippen LogP contribution in [0.5, 0.6) is 0 Å². The fraction of sp³-hybridized carbons (Fsp3) is 0.500. The zero-order chi connectivity index (χ0) is 19.6. The molecule has 4 nitrogen and oxygen atoms in total. The van der Waals surface area contributed by atoms with E-state index in [4.69, 9.17) is 9.47 Å². The highest BCUT2D eigenvalue weighted by molar-refractivity contribution is 5.94. The molecule has 1 fully saturated rings. The van der Waals surface area contributed by atoms with Crippen molar-refractivity contribution in [2.75, 3.05) is 13.2 Å². The molecule has 2 aromatic rings. The highest BCUT2D eigenvalue weighted by Crippen LogP contribution is 2.21. The number of Topliss-reactive ketones (excluding diaryl/α,β-unsaturated/α-hetero) is 1. The molecule has 0 bridgehead atoms. The largest absolute Gasteiger partial charge is 0.381 e. The molecule has 1 aromatic heterocycles. The molecule has 1 aliphatic rings. The number of benzene rings is 1. The molecule has 0 amide bonds. The molecule has 4 heteroatoms. The maximum absolute atomic E-state index is 12.3. The zero-order valence-electron chi connectivity index (χ0n) is 16.9. The number of nitrogens with zero attached hydrogens (tertiary/aromatic N) is 1. The molecule has 1 aromatic carbocycles. The summed E-state index contributed by atoms with van der Waals surface area (Å²) in [4.78, 5) is 16.7. The van der Waals surface area contributed by atoms with Crippen LogP contribution < -0.4 is 0 Å². The van der Waals surface area contributed by atoms with E-state index >= 15 is 0 Å². The number of carbonyl (C=O) groups is 1. The van der Waals surface area contributed by atoms with E-state index in [2.05, 4.69) is 24.0 Å². The van der Waals surface area contributed by atoms with E-state index in [1.807, 2.05) is 24.3 Å². The molecule has 0 radical (unpaired) electrons. The molecule has 3 rings (SSSR count). The fourth-order valence-electron chi connectivity index (χ4n) is 3.61. The van der Waals surface area contributed by atoms with Crippen molar-refractivity contribution < 1.29 is 14.3 Å². The number of carbonyl (C=O) groups excluding carboxylic acids is 1. The highest BCUT2D eigenvalue weighted by atomic mass is 16.5. The number of aromatic nitrogens is 1. The van der Waals surface area contributed by atoms with Crippen molar-refractivity contribution in [3.05, 3.63) is 65.0 Å². The van der Waals surface area contributed by atoms with Crippen LogP contribution in [0.15, 0.2) is 42.6 Å². The van der Waals surface area contributed by atoms with Crippen LogP contribution in [0.3, 0.4) is 0 Å². The van der Waals surface area contributed by atoms with Crippen molar-refractivity contribution in [3.8, 4) is 0 Å². The Bertz CT molecular complexity index is 736. The van der Waals surface area contributed by atoms with Gasteiger partial charge < -0.3 is 9.47 Å². The summed E-state index contributed by atoms with van der Waals surface area (Å²) in [7, 11) is 0. The van der Waals surface area contributed by atoms with E-state index in [9.17, 15) is 4.79 Å². The van der Waals surface area contributed by atoms with Gasteiger partial charge in [0.25, 0.3) is 0 Å². The number of rotatable bonds is 10. The fourth-order valence-corrected chi connectivity index (χ4v) is 3.61. The first-order valence-corrected chi connectivity index (χ1v) is 10.4. The lowest BCUT2D eigenvalue weighted by molar-refractivity contribution is 0.0630. The maximum Gasteiger partial charge on any atom is 0.181 e. The second kappa shape index (κ2) is 11.1. The summed E-state index contributed by atoms with van der Waals surface area (Å²) in [5.74, 6) is 0.917. The minimum Gasteiger partial charge on any atom is -0.381 e. The number of ketones is 1. The molecule has 2 heterocycles. The lowest BCUT2D eigenvalue weighted by atomic mass is 9.93. The van der Waals surface area contributed by atoms with Crippen molar-refractivity contribution in [1.29, 1.82) is 0 Å². The standard InChI is InChI=1S/C24H31NO3/c1-19-6-2-4-8-22(19)18-28-17-21-10-11-23(25-16-21)24(26)9-5-3-7-20-12-14-27-15-13-20/h2,4,6,8,10-11,16,20H,3,5,7,9,12-15,17-18H2,1H3. The summed E-state index contributed by atoms with van der Waals surface area (Å²) in [6.45, 7) is 4.97. The SMILES string of the molecule is Cc1ccccc1COCc1ccc(C(=O)CCCCC2CCOCC2)nc1. The third-order valence-electron chi connectivity index (χ3n) is 5.51. The van der Waals surface area contributed by atoms with Crippen molar-refractivity contribution in [1.82, 2.24) is 4.98 Å². The first kappa shape index (κ1) is 20.7. The van der Waals surface area contributed by atoms with Crippen LogP contribution in [0.4, 0.5) is 0 Å². The van der Waals surface area contributed by atoms with E-state index in [0.717, 1.165) is 37.5 Å². The van der Waals surface area contributed by atoms with Crippen LogP contribution in [-0.2, 0) is 22.7 Å². The molecule has 0 N–H and O–H groups in total. The van der Waals surface area contributed by atoms with Gasteiger partial charge in [-0.3, -0.25) is 9.78 Å². The minimum atomic E-state index is 0.138. The van der Waals surface area contributed by atoms with E-state index in [-0.39, 0.29) is 5.78 Å².